The van der Waals surface area contributed by atoms with Crippen LogP contribution in [0.4, 0.5) is 18.9 Å². The number of carbonyl (C=O) groups excluding carboxylic acids is 5. The number of H-pyrrole nitrogens is 1. The molecule has 0 radical (unpaired) electrons. The quantitative estimate of drug-likeness (QED) is 0.0400. The largest absolute Gasteiger partial charge is 0.492 e. The predicted molar refractivity (Wildman–Crippen MR) is 299 cm³/mol. The van der Waals surface area contributed by atoms with Crippen LogP contribution in [0.25, 0.3) is 22.2 Å². The van der Waals surface area contributed by atoms with Crippen LogP contribution in [0.1, 0.15) is 110 Å². The van der Waals surface area contributed by atoms with Crippen LogP contribution >= 0.6 is 0 Å². The monoisotopic (exact) mass is 1080 g/mol. The molecule has 0 aliphatic carbocycles. The van der Waals surface area contributed by atoms with E-state index in [-0.39, 0.29) is 68.0 Å². The molecule has 7 rings (SSSR count). The summed E-state index contributed by atoms with van der Waals surface area (Å²) in [6.07, 6.45) is 2.34. The Balaban J connectivity index is 0.00000216. The van der Waals surface area contributed by atoms with E-state index in [0.717, 1.165) is 63.7 Å². The Morgan fingerprint density at radius 1 is 1.00 bits per heavy atom. The van der Waals surface area contributed by atoms with Crippen molar-refractivity contribution in [3.8, 4) is 28.8 Å². The summed E-state index contributed by atoms with van der Waals surface area (Å²) in [4.78, 5) is 70.4. The summed E-state index contributed by atoms with van der Waals surface area (Å²) in [6.45, 7) is 17.2. The topological polar surface area (TPSA) is 189 Å². The predicted octanol–water partition coefficient (Wildman–Crippen LogP) is 10.2. The first-order valence-electron chi connectivity index (χ1n) is 27.3. The van der Waals surface area contributed by atoms with Gasteiger partial charge in [0, 0.05) is 93.3 Å². The molecule has 3 aliphatic rings. The number of hydrogen-bond donors (Lipinski definition) is 4. The van der Waals surface area contributed by atoms with Gasteiger partial charge in [0.05, 0.1) is 35.7 Å². The Bertz CT molecular complexity index is 2790. The van der Waals surface area contributed by atoms with Crippen molar-refractivity contribution in [1.82, 2.24) is 30.3 Å². The van der Waals surface area contributed by atoms with Crippen LogP contribution in [-0.2, 0) is 24.0 Å². The van der Waals surface area contributed by atoms with Gasteiger partial charge in [0.1, 0.15) is 24.4 Å². The van der Waals surface area contributed by atoms with Gasteiger partial charge in [-0.2, -0.15) is 18.4 Å². The number of ether oxygens (including phenoxy) is 2. The first-order chi connectivity index (χ1) is 37.3. The number of rotatable bonds is 19. The van der Waals surface area contributed by atoms with Gasteiger partial charge in [0.25, 0.3) is 0 Å². The van der Waals surface area contributed by atoms with Crippen molar-refractivity contribution < 1.29 is 46.6 Å². The molecule has 2 fully saturated rings. The summed E-state index contributed by atoms with van der Waals surface area (Å²) < 4.78 is 57.4. The molecule has 0 saturated carbocycles. The van der Waals surface area contributed by atoms with Gasteiger partial charge < -0.3 is 49.9 Å². The van der Waals surface area contributed by atoms with E-state index in [1.54, 1.807) is 67.7 Å². The van der Waals surface area contributed by atoms with Gasteiger partial charge in [-0.25, -0.2) is 0 Å². The average molecular weight is 1080 g/mol. The SMILES string of the molecule is CC.CC/C(=C\C=C(/C)C(C)C(=O)NC)N(C)CCC(C)CN1CCC(C(=O)NCCOc2ccc3c(c2)C(C(=O)N2CCC(Oc4ccccc4-c4cc5c(C#N)cccc5[nH]4)(C(F)(F)F)CC2)CC(=O)N3)CC1.CC=O. The lowest BCUT2D eigenvalue weighted by Crippen LogP contribution is -2.58. The van der Waals surface area contributed by atoms with Crippen LogP contribution in [0.2, 0.25) is 0 Å². The number of nitrogens with one attached hydrogen (secondary N) is 4. The maximum absolute atomic E-state index is 15.1. The molecule has 0 bridgehead atoms. The van der Waals surface area contributed by atoms with Crippen molar-refractivity contribution in [3.05, 3.63) is 101 Å². The van der Waals surface area contributed by atoms with Crippen molar-refractivity contribution in [3.63, 3.8) is 0 Å². The molecule has 3 atom stereocenters. The summed E-state index contributed by atoms with van der Waals surface area (Å²) in [5.74, 6) is -1.15. The number of halogens is 3. The summed E-state index contributed by atoms with van der Waals surface area (Å²) in [6, 6.07) is 20.5. The average Bonchev–Trinajstić information content (AvgIpc) is 3.90. The zero-order valence-corrected chi connectivity index (χ0v) is 46.8. The zero-order chi connectivity index (χ0) is 57.2. The highest BCUT2D eigenvalue weighted by atomic mass is 19.4. The minimum atomic E-state index is -4.78. The number of nitriles is 1. The molecule has 4 amide bonds. The van der Waals surface area contributed by atoms with Crippen molar-refractivity contribution in [2.45, 2.75) is 111 Å². The number of anilines is 1. The lowest BCUT2D eigenvalue weighted by Gasteiger charge is -2.43. The first-order valence-corrected chi connectivity index (χ1v) is 27.3. The van der Waals surface area contributed by atoms with Crippen molar-refractivity contribution in [2.75, 3.05) is 71.8 Å². The van der Waals surface area contributed by atoms with E-state index in [1.165, 1.54) is 23.6 Å². The van der Waals surface area contributed by atoms with Gasteiger partial charge in [-0.1, -0.05) is 57.5 Å². The molecule has 3 aromatic carbocycles. The summed E-state index contributed by atoms with van der Waals surface area (Å²) in [7, 11) is 3.77. The van der Waals surface area contributed by atoms with Crippen molar-refractivity contribution in [1.29, 1.82) is 5.26 Å². The molecule has 4 aromatic rings. The van der Waals surface area contributed by atoms with E-state index >= 15 is 13.2 Å². The first kappa shape index (κ1) is 61.7. The Morgan fingerprint density at radius 2 is 1.69 bits per heavy atom. The second-order valence-electron chi connectivity index (χ2n) is 20.1. The van der Waals surface area contributed by atoms with Crippen LogP contribution < -0.4 is 25.4 Å². The number of alkyl halides is 3. The van der Waals surface area contributed by atoms with E-state index in [2.05, 4.69) is 63.8 Å². The van der Waals surface area contributed by atoms with Gasteiger partial charge in [0.2, 0.25) is 29.2 Å². The number of aldehydes is 1. The second kappa shape index (κ2) is 29.0. The molecule has 15 nitrogen and oxygen atoms in total. The fourth-order valence-electron chi connectivity index (χ4n) is 10.2. The number of nitrogens with zero attached hydrogens (tertiary/aromatic N) is 4. The lowest BCUT2D eigenvalue weighted by atomic mass is 9.86. The molecule has 4 heterocycles. The van der Waals surface area contributed by atoms with Crippen molar-refractivity contribution >= 4 is 46.5 Å². The highest BCUT2D eigenvalue weighted by Crippen LogP contribution is 2.46. The van der Waals surface area contributed by atoms with Crippen molar-refractivity contribution in [2.24, 2.45) is 17.8 Å². The fourth-order valence-corrected chi connectivity index (χ4v) is 10.2. The van der Waals surface area contributed by atoms with Crippen LogP contribution in [0.5, 0.6) is 11.5 Å². The minimum Gasteiger partial charge on any atom is -0.492 e. The molecule has 2 saturated heterocycles. The Hall–Kier alpha value is -7.13. The maximum atomic E-state index is 15.1. The number of aromatic nitrogens is 1. The molecule has 0 spiro atoms. The highest BCUT2D eigenvalue weighted by Gasteiger charge is 2.59. The van der Waals surface area contributed by atoms with Gasteiger partial charge >= 0.3 is 6.18 Å². The summed E-state index contributed by atoms with van der Waals surface area (Å²) in [5.41, 5.74) is 2.56. The van der Waals surface area contributed by atoms with E-state index in [9.17, 15) is 24.4 Å². The molecule has 18 heteroatoms. The third kappa shape index (κ3) is 15.8. The van der Waals surface area contributed by atoms with Crippen LogP contribution in [-0.4, -0.2) is 128 Å². The molecular weight excluding hydrogens is 1000 g/mol. The molecule has 4 N–H and O–H groups in total. The number of likely N-dealkylation sites (tertiary alicyclic amines) is 2. The third-order valence-corrected chi connectivity index (χ3v) is 14.9. The smallest absolute Gasteiger partial charge is 0.428 e. The number of piperidine rings is 2. The zero-order valence-electron chi connectivity index (χ0n) is 46.8. The van der Waals surface area contributed by atoms with Gasteiger partial charge in [-0.05, 0) is 126 Å². The molecule has 422 valence electrons. The highest BCUT2D eigenvalue weighted by molar-refractivity contribution is 6.01. The lowest BCUT2D eigenvalue weighted by molar-refractivity contribution is -0.260. The number of para-hydroxylation sites is 1. The Labute approximate surface area is 458 Å². The number of carbonyl (C=O) groups is 5. The number of hydrogen-bond acceptors (Lipinski definition) is 10. The number of aromatic amines is 1. The van der Waals surface area contributed by atoms with E-state index in [4.69, 9.17) is 14.3 Å². The Kier molecular flexibility index (Phi) is 23.0. The van der Waals surface area contributed by atoms with Gasteiger partial charge in [-0.3, -0.25) is 19.2 Å². The number of fused-ring (bicyclic) bond motifs is 2. The van der Waals surface area contributed by atoms with E-state index in [0.29, 0.717) is 50.6 Å². The summed E-state index contributed by atoms with van der Waals surface area (Å²) in [5, 5.41) is 18.8. The molecule has 3 unspecified atom stereocenters. The van der Waals surface area contributed by atoms with Gasteiger partial charge in [-0.15, -0.1) is 0 Å². The molecule has 1 aromatic heterocycles. The maximum Gasteiger partial charge on any atom is 0.428 e. The minimum absolute atomic E-state index is 0.00520. The standard InChI is InChI=1S/C56H69F3N8O6.C2H4O.C2H6/c1-7-41(16-15-37(3)38(4)52(69)61-5)65(6)25-19-36(2)35-66-26-20-39(21-27-66)53(70)62-24-30-72-42-17-18-48-45(31-42)46(33-51(68)64-48)54(71)67-28-22-55(23-29-67,56(57,58)59)73-50-14-9-8-12-43(50)49-32-44-40(34-60)11-10-13-47(44)63-49;1-2-3;1-2/h8-18,31-32,36,38-39,46,63H,7,19-30,33,35H2,1-6H3,(H,61,69)(H,62,70)(H,64,68);2H,1H3;1-2H3/b37-15+,41-16+;;. The van der Waals surface area contributed by atoms with Crippen LogP contribution in [0.15, 0.2) is 90.2 Å². The summed E-state index contributed by atoms with van der Waals surface area (Å²) >= 11 is 0. The van der Waals surface area contributed by atoms with Crippen LogP contribution in [0.3, 0.4) is 0 Å². The molecule has 3 aliphatic heterocycles. The molecular formula is C60H79F3N8O7. The number of allylic oxidation sites excluding steroid dienone is 3. The van der Waals surface area contributed by atoms with Gasteiger partial charge in [0.15, 0.2) is 0 Å². The van der Waals surface area contributed by atoms with Crippen LogP contribution in [0, 0.1) is 29.1 Å². The fraction of sp³-hybridized carbons (Fsp3) is 0.500. The molecule has 78 heavy (non-hydrogen) atoms. The normalized spacial score (nSPS) is 17.6. The second-order valence-corrected chi connectivity index (χ2v) is 20.1. The number of amides is 4. The Morgan fingerprint density at radius 3 is 2.35 bits per heavy atom. The van der Waals surface area contributed by atoms with E-state index in [1.807, 2.05) is 33.8 Å². The number of benzene rings is 3. The van der Waals surface area contributed by atoms with E-state index < -0.39 is 36.4 Å². The third-order valence-electron chi connectivity index (χ3n) is 14.9.